The summed E-state index contributed by atoms with van der Waals surface area (Å²) in [5, 5.41) is 6.17. The molecule has 5 nitrogen and oxygen atoms in total. The van der Waals surface area contributed by atoms with E-state index in [1.54, 1.807) is 0 Å². The Morgan fingerprint density at radius 3 is 2.20 bits per heavy atom. The Kier molecular flexibility index (Phi) is 5.40. The van der Waals surface area contributed by atoms with Gasteiger partial charge in [-0.2, -0.15) is 0 Å². The number of nitrogens with one attached hydrogen (secondary N) is 2. The lowest BCUT2D eigenvalue weighted by atomic mass is 9.95. The summed E-state index contributed by atoms with van der Waals surface area (Å²) in [4.78, 5) is 26.0. The average Bonchev–Trinajstić information content (AvgIpc) is 2.98. The monoisotopic (exact) mass is 281 g/mol. The fourth-order valence-electron chi connectivity index (χ4n) is 3.48. The fourth-order valence-corrected chi connectivity index (χ4v) is 3.48. The molecular formula is C15H27N3O2. The van der Waals surface area contributed by atoms with Crippen LogP contribution < -0.4 is 10.6 Å². The maximum atomic E-state index is 12.7. The number of nitrogens with zero attached hydrogens (tertiary/aromatic N) is 1. The van der Waals surface area contributed by atoms with Gasteiger partial charge in [0.05, 0.1) is 0 Å². The molecular weight excluding hydrogens is 254 g/mol. The summed E-state index contributed by atoms with van der Waals surface area (Å²) >= 11 is 0. The number of hydrogen-bond acceptors (Lipinski definition) is 3. The van der Waals surface area contributed by atoms with Gasteiger partial charge in [-0.15, -0.1) is 0 Å². The van der Waals surface area contributed by atoms with E-state index in [4.69, 9.17) is 0 Å². The average molecular weight is 281 g/mol. The third-order valence-electron chi connectivity index (χ3n) is 4.71. The summed E-state index contributed by atoms with van der Waals surface area (Å²) in [5.74, 6) is 0.357. The van der Waals surface area contributed by atoms with Crippen molar-refractivity contribution in [2.45, 2.75) is 57.5 Å². The van der Waals surface area contributed by atoms with Gasteiger partial charge in [-0.1, -0.05) is 12.8 Å². The number of carbonyl (C=O) groups excluding carboxylic acids is 2. The van der Waals surface area contributed by atoms with Gasteiger partial charge in [0.1, 0.15) is 6.04 Å². The summed E-state index contributed by atoms with van der Waals surface area (Å²) < 4.78 is 0. The molecule has 5 heteroatoms. The van der Waals surface area contributed by atoms with E-state index in [2.05, 4.69) is 10.6 Å². The van der Waals surface area contributed by atoms with Crippen LogP contribution in [0.1, 0.15) is 45.4 Å². The normalized spacial score (nSPS) is 22.8. The van der Waals surface area contributed by atoms with Crippen molar-refractivity contribution in [2.75, 3.05) is 20.1 Å². The molecule has 1 aliphatic carbocycles. The van der Waals surface area contributed by atoms with Crippen molar-refractivity contribution in [1.29, 1.82) is 0 Å². The zero-order chi connectivity index (χ0) is 14.5. The van der Waals surface area contributed by atoms with E-state index in [0.29, 0.717) is 12.0 Å². The minimum atomic E-state index is -0.305. The Morgan fingerprint density at radius 2 is 1.70 bits per heavy atom. The summed E-state index contributed by atoms with van der Waals surface area (Å²) in [7, 11) is 1.97. The van der Waals surface area contributed by atoms with Gasteiger partial charge in [-0.25, -0.2) is 0 Å². The molecule has 114 valence electrons. The van der Waals surface area contributed by atoms with Crippen LogP contribution in [0, 0.1) is 5.92 Å². The molecule has 2 N–H and O–H groups in total. The van der Waals surface area contributed by atoms with E-state index in [-0.39, 0.29) is 17.9 Å². The van der Waals surface area contributed by atoms with Crippen molar-refractivity contribution in [3.63, 3.8) is 0 Å². The lowest BCUT2D eigenvalue weighted by Gasteiger charge is -2.35. The zero-order valence-electron chi connectivity index (χ0n) is 12.7. The van der Waals surface area contributed by atoms with Gasteiger partial charge in [0.15, 0.2) is 0 Å². The highest BCUT2D eigenvalue weighted by Gasteiger charge is 2.35. The first kappa shape index (κ1) is 15.3. The zero-order valence-corrected chi connectivity index (χ0v) is 12.7. The Labute approximate surface area is 121 Å². The van der Waals surface area contributed by atoms with Crippen LogP contribution in [0.5, 0.6) is 0 Å². The van der Waals surface area contributed by atoms with Crippen LogP contribution in [0.2, 0.25) is 0 Å². The molecule has 2 rings (SSSR count). The maximum Gasteiger partial charge on any atom is 0.245 e. The second-order valence-electron chi connectivity index (χ2n) is 6.11. The minimum absolute atomic E-state index is 0.0969. The molecule has 0 spiro atoms. The quantitative estimate of drug-likeness (QED) is 0.804. The molecule has 1 saturated carbocycles. The van der Waals surface area contributed by atoms with Gasteiger partial charge in [0.2, 0.25) is 11.8 Å². The molecule has 1 atom stereocenters. The van der Waals surface area contributed by atoms with Crippen LogP contribution in [0.15, 0.2) is 0 Å². The second-order valence-corrected chi connectivity index (χ2v) is 6.11. The third-order valence-corrected chi connectivity index (χ3v) is 4.71. The molecule has 2 amide bonds. The summed E-state index contributed by atoms with van der Waals surface area (Å²) in [6, 6.07) is 0.214. The van der Waals surface area contributed by atoms with Crippen molar-refractivity contribution in [3.8, 4) is 0 Å². The van der Waals surface area contributed by atoms with Crippen LogP contribution in [-0.2, 0) is 9.59 Å². The predicted octanol–water partition coefficient (Wildman–Crippen LogP) is 0.892. The van der Waals surface area contributed by atoms with Crippen LogP contribution >= 0.6 is 0 Å². The van der Waals surface area contributed by atoms with Crippen molar-refractivity contribution < 1.29 is 9.59 Å². The number of piperidine rings is 1. The molecule has 1 aliphatic heterocycles. The Hall–Kier alpha value is -1.10. The molecule has 0 aromatic heterocycles. The van der Waals surface area contributed by atoms with Gasteiger partial charge in [0, 0.05) is 26.1 Å². The van der Waals surface area contributed by atoms with Crippen molar-refractivity contribution >= 4 is 11.8 Å². The van der Waals surface area contributed by atoms with Gasteiger partial charge < -0.3 is 15.5 Å². The number of amides is 2. The lowest BCUT2D eigenvalue weighted by molar-refractivity contribution is -0.138. The van der Waals surface area contributed by atoms with E-state index in [9.17, 15) is 9.59 Å². The number of likely N-dealkylation sites (tertiary alicyclic amines) is 1. The predicted molar refractivity (Wildman–Crippen MR) is 78.2 cm³/mol. The van der Waals surface area contributed by atoms with E-state index in [1.807, 2.05) is 11.9 Å². The smallest absolute Gasteiger partial charge is 0.245 e. The van der Waals surface area contributed by atoms with Crippen LogP contribution in [0.3, 0.4) is 0 Å². The minimum Gasteiger partial charge on any atom is -0.344 e. The van der Waals surface area contributed by atoms with E-state index < -0.39 is 0 Å². The molecule has 0 radical (unpaired) electrons. The van der Waals surface area contributed by atoms with Crippen molar-refractivity contribution in [2.24, 2.45) is 5.92 Å². The first-order valence-electron chi connectivity index (χ1n) is 7.85. The molecule has 20 heavy (non-hydrogen) atoms. The highest BCUT2D eigenvalue weighted by atomic mass is 16.2. The van der Waals surface area contributed by atoms with Crippen LogP contribution in [0.25, 0.3) is 0 Å². The molecule has 1 heterocycles. The van der Waals surface area contributed by atoms with Crippen LogP contribution in [-0.4, -0.2) is 48.9 Å². The molecule has 0 bridgehead atoms. The van der Waals surface area contributed by atoms with Gasteiger partial charge in [0.25, 0.3) is 0 Å². The number of carbonyl (C=O) groups is 2. The summed E-state index contributed by atoms with van der Waals surface area (Å²) in [5.41, 5.74) is 0. The topological polar surface area (TPSA) is 61.4 Å². The lowest BCUT2D eigenvalue weighted by Crippen LogP contribution is -2.54. The van der Waals surface area contributed by atoms with Gasteiger partial charge >= 0.3 is 0 Å². The van der Waals surface area contributed by atoms with Crippen molar-refractivity contribution in [1.82, 2.24) is 15.5 Å². The van der Waals surface area contributed by atoms with Gasteiger partial charge in [-0.3, -0.25) is 9.59 Å². The Morgan fingerprint density at radius 1 is 1.10 bits per heavy atom. The van der Waals surface area contributed by atoms with Gasteiger partial charge in [-0.05, 0) is 38.6 Å². The van der Waals surface area contributed by atoms with Crippen LogP contribution in [0.4, 0.5) is 0 Å². The summed E-state index contributed by atoms with van der Waals surface area (Å²) in [6.07, 6.45) is 6.47. The highest BCUT2D eigenvalue weighted by molar-refractivity contribution is 5.87. The highest BCUT2D eigenvalue weighted by Crippen LogP contribution is 2.29. The molecule has 0 aromatic rings. The molecule has 2 fully saturated rings. The van der Waals surface area contributed by atoms with E-state index in [0.717, 1.165) is 38.8 Å². The third kappa shape index (κ3) is 3.72. The molecule has 2 aliphatic rings. The molecule has 0 aromatic carbocycles. The second kappa shape index (κ2) is 7.07. The maximum absolute atomic E-state index is 12.7. The standard InChI is InChI=1S/C15H27N3O2/c1-11(19)17-14(12-5-3-4-6-12)15(20)18-9-7-13(16-2)8-10-18/h12-14,16H,3-10H2,1-2H3,(H,17,19). The molecule has 1 unspecified atom stereocenters. The Balaban J connectivity index is 1.97. The number of hydrogen-bond donors (Lipinski definition) is 2. The fraction of sp³-hybridized carbons (Fsp3) is 0.867. The first-order chi connectivity index (χ1) is 9.61. The number of rotatable bonds is 4. The first-order valence-corrected chi connectivity index (χ1v) is 7.85. The molecule has 1 saturated heterocycles. The van der Waals surface area contributed by atoms with E-state index in [1.165, 1.54) is 19.8 Å². The van der Waals surface area contributed by atoms with E-state index >= 15 is 0 Å². The Bertz CT molecular complexity index is 345. The van der Waals surface area contributed by atoms with Crippen molar-refractivity contribution in [3.05, 3.63) is 0 Å². The summed E-state index contributed by atoms with van der Waals surface area (Å²) in [6.45, 7) is 3.10. The SMILES string of the molecule is CNC1CCN(C(=O)C(NC(C)=O)C2CCCC2)CC1. The largest absolute Gasteiger partial charge is 0.344 e.